The summed E-state index contributed by atoms with van der Waals surface area (Å²) in [5, 5.41) is 20.1. The molecule has 0 aliphatic heterocycles. The smallest absolute Gasteiger partial charge is 0.124 e. The quantitative estimate of drug-likeness (QED) is 0.189. The van der Waals surface area contributed by atoms with E-state index in [1.807, 2.05) is 103 Å². The number of aromatic hydroxyl groups is 2. The van der Waals surface area contributed by atoms with Crippen LogP contribution in [0.15, 0.2) is 134 Å². The second kappa shape index (κ2) is 13.2. The van der Waals surface area contributed by atoms with Crippen molar-refractivity contribution in [1.29, 1.82) is 0 Å². The van der Waals surface area contributed by atoms with Crippen molar-refractivity contribution in [1.82, 2.24) is 15.0 Å². The van der Waals surface area contributed by atoms with Crippen LogP contribution in [0.25, 0.3) is 45.2 Å². The van der Waals surface area contributed by atoms with Crippen molar-refractivity contribution in [2.45, 2.75) is 0 Å². The van der Waals surface area contributed by atoms with E-state index >= 15 is 0 Å². The predicted octanol–water partition coefficient (Wildman–Crippen LogP) is 7.44. The minimum absolute atomic E-state index is 0. The van der Waals surface area contributed by atoms with E-state index in [1.165, 1.54) is 0 Å². The monoisotopic (exact) mass is 687 g/mol. The van der Waals surface area contributed by atoms with Crippen LogP contribution >= 0.6 is 0 Å². The van der Waals surface area contributed by atoms with E-state index in [9.17, 15) is 10.2 Å². The predicted molar refractivity (Wildman–Crippen MR) is 150 cm³/mol. The average molecular weight is 687 g/mol. The normalized spacial score (nSPS) is 10.1. The Bertz CT molecular complexity index is 1520. The van der Waals surface area contributed by atoms with Gasteiger partial charge in [-0.3, -0.25) is 0 Å². The summed E-state index contributed by atoms with van der Waals surface area (Å²) in [5.74, 6) is 0.376. The summed E-state index contributed by atoms with van der Waals surface area (Å²) in [7, 11) is 0. The van der Waals surface area contributed by atoms with Gasteiger partial charge in [0, 0.05) is 37.4 Å². The number of phenols is 2. The van der Waals surface area contributed by atoms with Crippen LogP contribution in [0.5, 0.6) is 11.5 Å². The van der Waals surface area contributed by atoms with Gasteiger partial charge in [-0.05, 0) is 60.3 Å². The Morgan fingerprint density at radius 2 is 0.949 bits per heavy atom. The summed E-state index contributed by atoms with van der Waals surface area (Å²) in [4.78, 5) is 13.5. The summed E-state index contributed by atoms with van der Waals surface area (Å²) in [6, 6.07) is 42.3. The van der Waals surface area contributed by atoms with Crippen LogP contribution in [0.1, 0.15) is 0 Å². The maximum Gasteiger partial charge on any atom is 0.124 e. The van der Waals surface area contributed by atoms with Gasteiger partial charge in [-0.2, -0.15) is 0 Å². The molecule has 5 nitrogen and oxygen atoms in total. The van der Waals surface area contributed by atoms with E-state index in [0.29, 0.717) is 33.9 Å². The van der Waals surface area contributed by atoms with Crippen molar-refractivity contribution in [3.63, 3.8) is 0 Å². The maximum atomic E-state index is 10.1. The topological polar surface area (TPSA) is 79.1 Å². The number of hydrogen-bond acceptors (Lipinski definition) is 5. The number of pyridine rings is 3. The zero-order valence-electron chi connectivity index (χ0n) is 20.8. The number of aromatic nitrogens is 3. The fraction of sp³-hybridized carbons (Fsp3) is 0. The van der Waals surface area contributed by atoms with Crippen LogP contribution < -0.4 is 0 Å². The zero-order chi connectivity index (χ0) is 26.2. The molecule has 0 amide bonds. The Hall–Kier alpha value is -4.64. The molecule has 0 saturated carbocycles. The van der Waals surface area contributed by atoms with E-state index in [2.05, 4.69) is 21.0 Å². The first-order chi connectivity index (χ1) is 18.7. The van der Waals surface area contributed by atoms with Gasteiger partial charge < -0.3 is 15.2 Å². The Kier molecular flexibility index (Phi) is 9.30. The first kappa shape index (κ1) is 27.4. The molecule has 3 aromatic heterocycles. The fourth-order valence-electron chi connectivity index (χ4n) is 3.91. The third-order valence-electron chi connectivity index (χ3n) is 5.77. The second-order valence-electron chi connectivity index (χ2n) is 8.34. The molecule has 3 aromatic carbocycles. The van der Waals surface area contributed by atoms with Gasteiger partial charge in [0.15, 0.2) is 0 Å². The number of para-hydroxylation sites is 2. The van der Waals surface area contributed by atoms with Crippen LogP contribution in [-0.4, -0.2) is 25.2 Å². The molecule has 1 radical (unpaired) electrons. The van der Waals surface area contributed by atoms with Gasteiger partial charge in [0.1, 0.15) is 11.5 Å². The van der Waals surface area contributed by atoms with Crippen LogP contribution in [0, 0.1) is 6.07 Å². The number of rotatable bonds is 4. The van der Waals surface area contributed by atoms with E-state index < -0.39 is 0 Å². The summed E-state index contributed by atoms with van der Waals surface area (Å²) >= 11 is 0. The Balaban J connectivity index is 0.000000228. The third kappa shape index (κ3) is 6.82. The van der Waals surface area contributed by atoms with Gasteiger partial charge in [0.2, 0.25) is 0 Å². The number of benzene rings is 3. The van der Waals surface area contributed by atoms with Gasteiger partial charge in [0.05, 0.1) is 22.8 Å². The number of phenolic OH excluding ortho intramolecular Hbond substituents is 2. The van der Waals surface area contributed by atoms with Crippen LogP contribution in [0.4, 0.5) is 0 Å². The first-order valence-electron chi connectivity index (χ1n) is 12.1. The zero-order valence-corrected chi connectivity index (χ0v) is 23.2. The first-order valence-corrected chi connectivity index (χ1v) is 12.1. The summed E-state index contributed by atoms with van der Waals surface area (Å²) < 4.78 is 0. The SMILES string of the molecule is Oc1ccccc1-c1cccc(-c2cccc(-c3ccccc3O)n2)n1.[Ir].[c-]1ccccc1-c1ccccn1. The van der Waals surface area contributed by atoms with Crippen molar-refractivity contribution in [2.75, 3.05) is 0 Å². The molecule has 0 bridgehead atoms. The summed E-state index contributed by atoms with van der Waals surface area (Å²) in [5.41, 5.74) is 6.10. The molecule has 6 aromatic rings. The molecule has 0 fully saturated rings. The molecule has 39 heavy (non-hydrogen) atoms. The molecule has 6 heteroatoms. The van der Waals surface area contributed by atoms with E-state index in [0.717, 1.165) is 11.3 Å². The summed E-state index contributed by atoms with van der Waals surface area (Å²) in [6.07, 6.45) is 1.79. The minimum Gasteiger partial charge on any atom is -0.507 e. The molecule has 3 heterocycles. The van der Waals surface area contributed by atoms with Crippen molar-refractivity contribution < 1.29 is 30.3 Å². The third-order valence-corrected chi connectivity index (χ3v) is 5.77. The molecular formula is C33H24IrN3O2-. The Morgan fingerprint density at radius 3 is 1.44 bits per heavy atom. The van der Waals surface area contributed by atoms with Crippen molar-refractivity contribution in [2.24, 2.45) is 0 Å². The van der Waals surface area contributed by atoms with Gasteiger partial charge in [-0.1, -0.05) is 48.5 Å². The van der Waals surface area contributed by atoms with E-state index in [4.69, 9.17) is 0 Å². The number of nitrogens with zero attached hydrogens (tertiary/aromatic N) is 3. The van der Waals surface area contributed by atoms with E-state index in [-0.39, 0.29) is 31.6 Å². The minimum atomic E-state index is 0. The van der Waals surface area contributed by atoms with Gasteiger partial charge in [0.25, 0.3) is 0 Å². The van der Waals surface area contributed by atoms with Crippen molar-refractivity contribution >= 4 is 0 Å². The molecule has 0 atom stereocenters. The van der Waals surface area contributed by atoms with Crippen LogP contribution in [-0.2, 0) is 20.1 Å². The molecule has 0 aliphatic rings. The number of hydrogen-bond donors (Lipinski definition) is 2. The summed E-state index contributed by atoms with van der Waals surface area (Å²) in [6.45, 7) is 0. The van der Waals surface area contributed by atoms with Crippen LogP contribution in [0.3, 0.4) is 0 Å². The van der Waals surface area contributed by atoms with Crippen molar-refractivity contribution in [3.05, 3.63) is 140 Å². The van der Waals surface area contributed by atoms with Crippen molar-refractivity contribution in [3.8, 4) is 56.7 Å². The molecule has 193 valence electrons. The molecule has 0 unspecified atom stereocenters. The molecule has 0 saturated heterocycles. The fourth-order valence-corrected chi connectivity index (χ4v) is 3.91. The molecule has 0 spiro atoms. The standard InChI is InChI=1S/C22H16N2O2.C11H8N.Ir/c25-21-13-3-1-7-15(21)17-9-5-11-19(23-17)20-12-6-10-18(24-20)16-8-2-4-14-22(16)26;1-2-6-10(7-3-1)11-8-4-5-9-12-11;/h1-14,25-26H;1-6,8-9H;/q;-1;. The van der Waals surface area contributed by atoms with Crippen LogP contribution in [0.2, 0.25) is 0 Å². The molecular weight excluding hydrogens is 663 g/mol. The molecule has 2 N–H and O–H groups in total. The van der Waals surface area contributed by atoms with E-state index in [1.54, 1.807) is 30.5 Å². The average Bonchev–Trinajstić information content (AvgIpc) is 2.99. The molecule has 0 aliphatic carbocycles. The van der Waals surface area contributed by atoms with Gasteiger partial charge in [-0.25, -0.2) is 9.97 Å². The van der Waals surface area contributed by atoms with Gasteiger partial charge in [-0.15, -0.1) is 35.9 Å². The Morgan fingerprint density at radius 1 is 0.462 bits per heavy atom. The Labute approximate surface area is 240 Å². The second-order valence-corrected chi connectivity index (χ2v) is 8.34. The molecule has 6 rings (SSSR count). The van der Waals surface area contributed by atoms with Gasteiger partial charge >= 0.3 is 0 Å². The largest absolute Gasteiger partial charge is 0.507 e. The maximum absolute atomic E-state index is 10.1.